The summed E-state index contributed by atoms with van der Waals surface area (Å²) in [6, 6.07) is 5.62. The second kappa shape index (κ2) is 7.02. The van der Waals surface area contributed by atoms with Gasteiger partial charge in [-0.3, -0.25) is 4.79 Å². The van der Waals surface area contributed by atoms with E-state index in [1.54, 1.807) is 11.8 Å². The van der Waals surface area contributed by atoms with Gasteiger partial charge < -0.3 is 11.1 Å². The fourth-order valence-corrected chi connectivity index (χ4v) is 3.66. The summed E-state index contributed by atoms with van der Waals surface area (Å²) in [5, 5.41) is 2.97. The number of carbonyl (C=O) groups is 1. The van der Waals surface area contributed by atoms with Crippen molar-refractivity contribution < 1.29 is 4.79 Å². The standard InChI is InChI=1S/C16H24N2OS/c1-11-14(17)8-5-9-15(11)18-16(19)12(2)20-10-13-6-3-4-7-13/h5,8-9,12-13H,3-4,6-7,10,17H2,1-2H3,(H,18,19). The Kier molecular flexibility index (Phi) is 5.35. The zero-order valence-electron chi connectivity index (χ0n) is 12.3. The van der Waals surface area contributed by atoms with Crippen LogP contribution in [0.3, 0.4) is 0 Å². The van der Waals surface area contributed by atoms with Crippen molar-refractivity contribution in [2.75, 3.05) is 16.8 Å². The lowest BCUT2D eigenvalue weighted by molar-refractivity contribution is -0.115. The van der Waals surface area contributed by atoms with E-state index in [9.17, 15) is 4.79 Å². The monoisotopic (exact) mass is 292 g/mol. The van der Waals surface area contributed by atoms with Crippen LogP contribution in [-0.4, -0.2) is 16.9 Å². The third-order valence-corrected chi connectivity index (χ3v) is 5.44. The molecule has 1 saturated carbocycles. The fourth-order valence-electron chi connectivity index (χ4n) is 2.56. The number of nitrogen functional groups attached to an aromatic ring is 1. The quantitative estimate of drug-likeness (QED) is 0.811. The molecule has 1 unspecified atom stereocenters. The SMILES string of the molecule is Cc1c(N)cccc1NC(=O)C(C)SCC1CCCC1. The van der Waals surface area contributed by atoms with E-state index >= 15 is 0 Å². The molecule has 3 N–H and O–H groups in total. The van der Waals surface area contributed by atoms with Gasteiger partial charge in [-0.15, -0.1) is 11.8 Å². The second-order valence-electron chi connectivity index (χ2n) is 5.64. The summed E-state index contributed by atoms with van der Waals surface area (Å²) in [5.41, 5.74) is 8.34. The van der Waals surface area contributed by atoms with Gasteiger partial charge in [0.1, 0.15) is 0 Å². The first-order valence-electron chi connectivity index (χ1n) is 7.35. The molecular formula is C16H24N2OS. The molecule has 110 valence electrons. The minimum atomic E-state index is -0.0172. The van der Waals surface area contributed by atoms with E-state index in [4.69, 9.17) is 5.73 Å². The minimum Gasteiger partial charge on any atom is -0.398 e. The molecule has 2 rings (SSSR count). The van der Waals surface area contributed by atoms with Crippen LogP contribution in [0.15, 0.2) is 18.2 Å². The average Bonchev–Trinajstić information content (AvgIpc) is 2.94. The van der Waals surface area contributed by atoms with Gasteiger partial charge in [0.05, 0.1) is 5.25 Å². The van der Waals surface area contributed by atoms with E-state index in [0.29, 0.717) is 5.69 Å². The number of thioether (sulfide) groups is 1. The van der Waals surface area contributed by atoms with Gasteiger partial charge in [0.25, 0.3) is 0 Å². The second-order valence-corrected chi connectivity index (χ2v) is 7.01. The van der Waals surface area contributed by atoms with Crippen LogP contribution in [-0.2, 0) is 4.79 Å². The number of nitrogens with two attached hydrogens (primary N) is 1. The number of hydrogen-bond donors (Lipinski definition) is 2. The number of carbonyl (C=O) groups excluding carboxylic acids is 1. The van der Waals surface area contributed by atoms with Crippen molar-refractivity contribution in [3.8, 4) is 0 Å². The predicted octanol–water partition coefficient (Wildman–Crippen LogP) is 3.83. The maximum absolute atomic E-state index is 12.2. The Hall–Kier alpha value is -1.16. The Balaban J connectivity index is 1.85. The van der Waals surface area contributed by atoms with Crippen molar-refractivity contribution in [2.45, 2.75) is 44.8 Å². The van der Waals surface area contributed by atoms with E-state index in [2.05, 4.69) is 5.32 Å². The normalized spacial score (nSPS) is 17.1. The molecule has 1 aliphatic rings. The third kappa shape index (κ3) is 3.92. The molecule has 4 heteroatoms. The lowest BCUT2D eigenvalue weighted by atomic mass is 10.1. The first-order chi connectivity index (χ1) is 9.58. The highest BCUT2D eigenvalue weighted by molar-refractivity contribution is 8.00. The van der Waals surface area contributed by atoms with E-state index in [1.807, 2.05) is 32.0 Å². The van der Waals surface area contributed by atoms with Gasteiger partial charge in [-0.1, -0.05) is 18.9 Å². The van der Waals surface area contributed by atoms with Crippen molar-refractivity contribution in [1.82, 2.24) is 0 Å². The van der Waals surface area contributed by atoms with Gasteiger partial charge in [-0.05, 0) is 56.1 Å². The van der Waals surface area contributed by atoms with Gasteiger partial charge in [0.15, 0.2) is 0 Å². The zero-order chi connectivity index (χ0) is 14.5. The molecule has 0 aliphatic heterocycles. The fraction of sp³-hybridized carbons (Fsp3) is 0.562. The average molecular weight is 292 g/mol. The number of amides is 1. The summed E-state index contributed by atoms with van der Waals surface area (Å²) in [5.74, 6) is 1.98. The van der Waals surface area contributed by atoms with E-state index in [0.717, 1.165) is 22.9 Å². The first-order valence-corrected chi connectivity index (χ1v) is 8.40. The summed E-state index contributed by atoms with van der Waals surface area (Å²) in [4.78, 5) is 12.2. The van der Waals surface area contributed by atoms with E-state index in [1.165, 1.54) is 25.7 Å². The van der Waals surface area contributed by atoms with Crippen molar-refractivity contribution in [1.29, 1.82) is 0 Å². The molecule has 1 amide bonds. The molecule has 3 nitrogen and oxygen atoms in total. The van der Waals surface area contributed by atoms with E-state index in [-0.39, 0.29) is 11.2 Å². The molecule has 0 aromatic heterocycles. The Morgan fingerprint density at radius 2 is 2.15 bits per heavy atom. The minimum absolute atomic E-state index is 0.0172. The number of hydrogen-bond acceptors (Lipinski definition) is 3. The van der Waals surface area contributed by atoms with Crippen LogP contribution >= 0.6 is 11.8 Å². The van der Waals surface area contributed by atoms with Crippen molar-refractivity contribution in [2.24, 2.45) is 5.92 Å². The largest absolute Gasteiger partial charge is 0.398 e. The highest BCUT2D eigenvalue weighted by atomic mass is 32.2. The molecular weight excluding hydrogens is 268 g/mol. The van der Waals surface area contributed by atoms with Gasteiger partial charge >= 0.3 is 0 Å². The van der Waals surface area contributed by atoms with Crippen molar-refractivity contribution >= 4 is 29.0 Å². The van der Waals surface area contributed by atoms with Crippen LogP contribution in [0.25, 0.3) is 0 Å². The predicted molar refractivity (Wildman–Crippen MR) is 88.1 cm³/mol. The number of benzene rings is 1. The molecule has 1 aromatic rings. The summed E-state index contributed by atoms with van der Waals surface area (Å²) >= 11 is 1.77. The molecule has 1 aromatic carbocycles. The van der Waals surface area contributed by atoms with Crippen LogP contribution in [0.1, 0.15) is 38.2 Å². The smallest absolute Gasteiger partial charge is 0.237 e. The van der Waals surface area contributed by atoms with Crippen LogP contribution in [0.4, 0.5) is 11.4 Å². The topological polar surface area (TPSA) is 55.1 Å². The van der Waals surface area contributed by atoms with Gasteiger partial charge in [0.2, 0.25) is 5.91 Å². The van der Waals surface area contributed by atoms with Crippen LogP contribution < -0.4 is 11.1 Å². The summed E-state index contributed by atoms with van der Waals surface area (Å²) in [7, 11) is 0. The van der Waals surface area contributed by atoms with Crippen LogP contribution in [0.2, 0.25) is 0 Å². The molecule has 0 radical (unpaired) electrons. The van der Waals surface area contributed by atoms with Gasteiger partial charge in [-0.2, -0.15) is 0 Å². The molecule has 0 bridgehead atoms. The van der Waals surface area contributed by atoms with Gasteiger partial charge in [0, 0.05) is 11.4 Å². The van der Waals surface area contributed by atoms with Crippen LogP contribution in [0.5, 0.6) is 0 Å². The molecule has 0 saturated heterocycles. The zero-order valence-corrected chi connectivity index (χ0v) is 13.1. The number of nitrogens with one attached hydrogen (secondary N) is 1. The Morgan fingerprint density at radius 3 is 2.85 bits per heavy atom. The van der Waals surface area contributed by atoms with Crippen LogP contribution in [0, 0.1) is 12.8 Å². The van der Waals surface area contributed by atoms with Crippen molar-refractivity contribution in [3.05, 3.63) is 23.8 Å². The lowest BCUT2D eigenvalue weighted by Crippen LogP contribution is -2.24. The summed E-state index contributed by atoms with van der Waals surface area (Å²) < 4.78 is 0. The number of anilines is 2. The van der Waals surface area contributed by atoms with E-state index < -0.39 is 0 Å². The summed E-state index contributed by atoms with van der Waals surface area (Å²) in [6.07, 6.45) is 5.37. The molecule has 20 heavy (non-hydrogen) atoms. The molecule has 0 heterocycles. The van der Waals surface area contributed by atoms with Crippen molar-refractivity contribution in [3.63, 3.8) is 0 Å². The first kappa shape index (κ1) is 15.2. The highest BCUT2D eigenvalue weighted by Crippen LogP contribution is 2.29. The maximum atomic E-state index is 12.2. The summed E-state index contributed by atoms with van der Waals surface area (Å²) in [6.45, 7) is 3.91. The lowest BCUT2D eigenvalue weighted by Gasteiger charge is -2.16. The third-order valence-electron chi connectivity index (χ3n) is 4.06. The Morgan fingerprint density at radius 1 is 1.45 bits per heavy atom. The maximum Gasteiger partial charge on any atom is 0.237 e. The highest BCUT2D eigenvalue weighted by Gasteiger charge is 2.19. The molecule has 1 aliphatic carbocycles. The molecule has 1 fully saturated rings. The molecule has 0 spiro atoms. The number of rotatable bonds is 5. The van der Waals surface area contributed by atoms with Gasteiger partial charge in [-0.25, -0.2) is 0 Å². The Bertz CT molecular complexity index is 470. The Labute approximate surface area is 125 Å². The molecule has 1 atom stereocenters.